The summed E-state index contributed by atoms with van der Waals surface area (Å²) in [6, 6.07) is 0. The second kappa shape index (κ2) is 5.70. The van der Waals surface area contributed by atoms with Crippen LogP contribution in [-0.4, -0.2) is 32.6 Å². The van der Waals surface area contributed by atoms with E-state index in [1.807, 2.05) is 0 Å². The van der Waals surface area contributed by atoms with Gasteiger partial charge in [0.1, 0.15) is 6.79 Å². The maximum atomic E-state index is 5.33. The average molecular weight is 236 g/mol. The van der Waals surface area contributed by atoms with Crippen LogP contribution in [0.25, 0.3) is 0 Å². The average Bonchev–Trinajstić information content (AvgIpc) is 2.05. The van der Waals surface area contributed by atoms with Gasteiger partial charge in [0.05, 0.1) is 12.7 Å². The SMILES string of the molecule is C=C(Br)CNCC1CCOCO1. The molecule has 1 fully saturated rings. The van der Waals surface area contributed by atoms with Crippen LogP contribution in [0.1, 0.15) is 6.42 Å². The Morgan fingerprint density at radius 3 is 3.08 bits per heavy atom. The molecule has 1 aliphatic rings. The molecule has 4 heteroatoms. The van der Waals surface area contributed by atoms with Crippen molar-refractivity contribution in [2.24, 2.45) is 0 Å². The highest BCUT2D eigenvalue weighted by atomic mass is 79.9. The van der Waals surface area contributed by atoms with Gasteiger partial charge in [-0.05, 0) is 6.42 Å². The van der Waals surface area contributed by atoms with Crippen LogP contribution in [0.4, 0.5) is 0 Å². The van der Waals surface area contributed by atoms with Crippen molar-refractivity contribution >= 4 is 15.9 Å². The molecule has 1 rings (SSSR count). The highest BCUT2D eigenvalue weighted by Gasteiger charge is 2.12. The second-order valence-electron chi connectivity index (χ2n) is 2.75. The van der Waals surface area contributed by atoms with Gasteiger partial charge in [0.2, 0.25) is 0 Å². The first kappa shape index (κ1) is 10.2. The van der Waals surface area contributed by atoms with Crippen LogP contribution in [0.5, 0.6) is 0 Å². The van der Waals surface area contributed by atoms with Crippen molar-refractivity contribution in [1.82, 2.24) is 5.32 Å². The van der Waals surface area contributed by atoms with E-state index in [0.29, 0.717) is 12.9 Å². The number of rotatable bonds is 4. The molecule has 1 saturated heterocycles. The largest absolute Gasteiger partial charge is 0.355 e. The minimum Gasteiger partial charge on any atom is -0.355 e. The Morgan fingerprint density at radius 1 is 1.67 bits per heavy atom. The second-order valence-corrected chi connectivity index (χ2v) is 3.87. The van der Waals surface area contributed by atoms with Gasteiger partial charge >= 0.3 is 0 Å². The first-order valence-corrected chi connectivity index (χ1v) is 4.81. The van der Waals surface area contributed by atoms with E-state index < -0.39 is 0 Å². The van der Waals surface area contributed by atoms with Gasteiger partial charge in [-0.1, -0.05) is 22.5 Å². The van der Waals surface area contributed by atoms with Crippen molar-refractivity contribution < 1.29 is 9.47 Å². The Kier molecular flexibility index (Phi) is 4.83. The van der Waals surface area contributed by atoms with Crippen LogP contribution < -0.4 is 5.32 Å². The van der Waals surface area contributed by atoms with Crippen molar-refractivity contribution in [3.05, 3.63) is 11.1 Å². The molecule has 0 radical (unpaired) electrons. The van der Waals surface area contributed by atoms with Gasteiger partial charge < -0.3 is 14.8 Å². The summed E-state index contributed by atoms with van der Waals surface area (Å²) in [5.41, 5.74) is 0. The summed E-state index contributed by atoms with van der Waals surface area (Å²) in [4.78, 5) is 0. The topological polar surface area (TPSA) is 30.5 Å². The third-order valence-corrected chi connectivity index (χ3v) is 1.94. The summed E-state index contributed by atoms with van der Waals surface area (Å²) in [7, 11) is 0. The standard InChI is InChI=1S/C8H14BrNO2/c1-7(9)4-10-5-8-2-3-11-6-12-8/h8,10H,1-6H2. The molecule has 1 heterocycles. The lowest BCUT2D eigenvalue weighted by Crippen LogP contribution is -2.34. The molecule has 0 aromatic rings. The lowest BCUT2D eigenvalue weighted by atomic mass is 10.2. The Hall–Kier alpha value is 0.1000. The molecule has 0 aromatic carbocycles. The molecule has 70 valence electrons. The van der Waals surface area contributed by atoms with Crippen LogP contribution in [0.3, 0.4) is 0 Å². The molecule has 0 aliphatic carbocycles. The third kappa shape index (κ3) is 4.21. The van der Waals surface area contributed by atoms with Crippen molar-refractivity contribution in [2.75, 3.05) is 26.5 Å². The van der Waals surface area contributed by atoms with Gasteiger partial charge in [-0.3, -0.25) is 0 Å². The number of hydrogen-bond donors (Lipinski definition) is 1. The van der Waals surface area contributed by atoms with Crippen molar-refractivity contribution in [3.63, 3.8) is 0 Å². The fourth-order valence-electron chi connectivity index (χ4n) is 1.03. The van der Waals surface area contributed by atoms with E-state index in [-0.39, 0.29) is 0 Å². The minimum atomic E-state index is 0.297. The molecule has 0 aromatic heterocycles. The van der Waals surface area contributed by atoms with E-state index in [1.165, 1.54) is 0 Å². The number of hydrogen-bond acceptors (Lipinski definition) is 3. The Balaban J connectivity index is 2.01. The first-order valence-electron chi connectivity index (χ1n) is 4.02. The third-order valence-electron chi connectivity index (χ3n) is 1.66. The molecule has 0 spiro atoms. The molecule has 0 bridgehead atoms. The molecular formula is C8H14BrNO2. The van der Waals surface area contributed by atoms with Gasteiger partial charge in [-0.25, -0.2) is 0 Å². The molecule has 1 atom stereocenters. The fourth-order valence-corrected chi connectivity index (χ4v) is 1.23. The van der Waals surface area contributed by atoms with Gasteiger partial charge in [-0.2, -0.15) is 0 Å². The van der Waals surface area contributed by atoms with E-state index in [2.05, 4.69) is 27.8 Å². The van der Waals surface area contributed by atoms with E-state index in [4.69, 9.17) is 9.47 Å². The maximum Gasteiger partial charge on any atom is 0.147 e. The number of halogens is 1. The molecule has 1 N–H and O–H groups in total. The maximum absolute atomic E-state index is 5.33. The summed E-state index contributed by atoms with van der Waals surface area (Å²) in [6.07, 6.45) is 1.27. The zero-order valence-corrected chi connectivity index (χ0v) is 8.60. The molecule has 12 heavy (non-hydrogen) atoms. The highest BCUT2D eigenvalue weighted by molar-refractivity contribution is 9.11. The quantitative estimate of drug-likeness (QED) is 0.796. The monoisotopic (exact) mass is 235 g/mol. The van der Waals surface area contributed by atoms with Crippen molar-refractivity contribution in [1.29, 1.82) is 0 Å². The smallest absolute Gasteiger partial charge is 0.147 e. The van der Waals surface area contributed by atoms with Crippen molar-refractivity contribution in [2.45, 2.75) is 12.5 Å². The number of nitrogens with one attached hydrogen (secondary N) is 1. The van der Waals surface area contributed by atoms with Gasteiger partial charge in [0.25, 0.3) is 0 Å². The number of ether oxygens (including phenoxy) is 2. The zero-order chi connectivity index (χ0) is 8.81. The Morgan fingerprint density at radius 2 is 2.50 bits per heavy atom. The predicted octanol–water partition coefficient (Wildman–Crippen LogP) is 1.25. The van der Waals surface area contributed by atoms with E-state index in [1.54, 1.807) is 0 Å². The van der Waals surface area contributed by atoms with Crippen LogP contribution in [-0.2, 0) is 9.47 Å². The van der Waals surface area contributed by atoms with Gasteiger partial charge in [-0.15, -0.1) is 0 Å². The zero-order valence-electron chi connectivity index (χ0n) is 7.01. The molecule has 1 unspecified atom stereocenters. The fraction of sp³-hybridized carbons (Fsp3) is 0.750. The molecule has 1 aliphatic heterocycles. The Bertz CT molecular complexity index is 146. The van der Waals surface area contributed by atoms with E-state index in [9.17, 15) is 0 Å². The summed E-state index contributed by atoms with van der Waals surface area (Å²) < 4.78 is 11.3. The molecule has 0 saturated carbocycles. The van der Waals surface area contributed by atoms with E-state index >= 15 is 0 Å². The summed E-state index contributed by atoms with van der Waals surface area (Å²) in [5, 5.41) is 3.23. The van der Waals surface area contributed by atoms with Gasteiger partial charge in [0.15, 0.2) is 0 Å². The summed E-state index contributed by atoms with van der Waals surface area (Å²) >= 11 is 3.28. The first-order chi connectivity index (χ1) is 5.79. The molecule has 3 nitrogen and oxygen atoms in total. The van der Waals surface area contributed by atoms with Crippen molar-refractivity contribution in [3.8, 4) is 0 Å². The molecule has 0 amide bonds. The van der Waals surface area contributed by atoms with Gasteiger partial charge in [0, 0.05) is 17.6 Å². The normalized spacial score (nSPS) is 23.9. The predicted molar refractivity (Wildman–Crippen MR) is 51.2 cm³/mol. The van der Waals surface area contributed by atoms with E-state index in [0.717, 1.165) is 30.6 Å². The van der Waals surface area contributed by atoms with Crippen LogP contribution in [0.15, 0.2) is 11.1 Å². The Labute approximate surface area is 81.2 Å². The summed E-state index contributed by atoms with van der Waals surface area (Å²) in [5.74, 6) is 0. The van der Waals surface area contributed by atoms with Crippen LogP contribution >= 0.6 is 15.9 Å². The molecular weight excluding hydrogens is 222 g/mol. The minimum absolute atomic E-state index is 0.297. The lowest BCUT2D eigenvalue weighted by molar-refractivity contribution is -0.136. The summed E-state index contributed by atoms with van der Waals surface area (Å²) in [6.45, 7) is 6.63. The lowest BCUT2D eigenvalue weighted by Gasteiger charge is -2.22. The van der Waals surface area contributed by atoms with Crippen LogP contribution in [0.2, 0.25) is 0 Å². The van der Waals surface area contributed by atoms with Crippen LogP contribution in [0, 0.1) is 0 Å². The highest BCUT2D eigenvalue weighted by Crippen LogP contribution is 2.05.